The Morgan fingerprint density at radius 3 is 2.23 bits per heavy atom. The van der Waals surface area contributed by atoms with E-state index in [0.29, 0.717) is 5.01 Å². The van der Waals surface area contributed by atoms with Crippen LogP contribution in [-0.2, 0) is 13.1 Å². The molecule has 0 saturated heterocycles. The molecule has 1 aliphatic rings. The second-order valence-electron chi connectivity index (χ2n) is 6.32. The van der Waals surface area contributed by atoms with Crippen molar-refractivity contribution in [2.45, 2.75) is 13.1 Å². The molecule has 2 heterocycles. The Kier molecular flexibility index (Phi) is 5.50. The molecule has 1 aliphatic heterocycles. The van der Waals surface area contributed by atoms with Gasteiger partial charge in [0.2, 0.25) is 5.01 Å². The average Bonchev–Trinajstić information content (AvgIpc) is 3.28. The van der Waals surface area contributed by atoms with E-state index in [-0.39, 0.29) is 45.1 Å². The molecule has 7 nitrogen and oxygen atoms in total. The third-order valence-electron chi connectivity index (χ3n) is 4.33. The third-order valence-corrected chi connectivity index (χ3v) is 5.96. The standard InChI is InChI=1S/C19H11Cl2FN4O3S/c20-13-5-11-12(6-14(13)21)19(29)26(18(11)28)8-15-24-25-17(30-15)16(27)23-7-9-1-3-10(22)4-2-9/h1-6H,7-8H2,(H,23,27). The van der Waals surface area contributed by atoms with Gasteiger partial charge in [-0.25, -0.2) is 4.39 Å². The molecule has 11 heteroatoms. The minimum Gasteiger partial charge on any atom is -0.346 e. The highest BCUT2D eigenvalue weighted by Gasteiger charge is 2.37. The van der Waals surface area contributed by atoms with Crippen molar-refractivity contribution in [1.29, 1.82) is 0 Å². The second kappa shape index (κ2) is 8.10. The van der Waals surface area contributed by atoms with E-state index in [1.54, 1.807) is 12.1 Å². The van der Waals surface area contributed by atoms with Crippen molar-refractivity contribution < 1.29 is 18.8 Å². The molecular formula is C19H11Cl2FN4O3S. The molecule has 3 aromatic rings. The fourth-order valence-corrected chi connectivity index (χ4v) is 3.90. The van der Waals surface area contributed by atoms with E-state index in [0.717, 1.165) is 21.8 Å². The first-order valence-electron chi connectivity index (χ1n) is 8.53. The van der Waals surface area contributed by atoms with E-state index in [9.17, 15) is 18.8 Å². The largest absolute Gasteiger partial charge is 0.346 e. The maximum atomic E-state index is 12.9. The van der Waals surface area contributed by atoms with Gasteiger partial charge in [0.15, 0.2) is 0 Å². The van der Waals surface area contributed by atoms with Gasteiger partial charge >= 0.3 is 0 Å². The van der Waals surface area contributed by atoms with E-state index >= 15 is 0 Å². The summed E-state index contributed by atoms with van der Waals surface area (Å²) in [6, 6.07) is 8.42. The van der Waals surface area contributed by atoms with E-state index < -0.39 is 17.7 Å². The molecule has 0 unspecified atom stereocenters. The molecule has 1 N–H and O–H groups in total. The Morgan fingerprint density at radius 1 is 1.03 bits per heavy atom. The summed E-state index contributed by atoms with van der Waals surface area (Å²) in [4.78, 5) is 38.4. The maximum Gasteiger partial charge on any atom is 0.282 e. The minimum atomic E-state index is -0.522. The van der Waals surface area contributed by atoms with Crippen LogP contribution in [0.25, 0.3) is 0 Å². The Morgan fingerprint density at radius 2 is 1.63 bits per heavy atom. The predicted molar refractivity (Wildman–Crippen MR) is 108 cm³/mol. The van der Waals surface area contributed by atoms with E-state index in [2.05, 4.69) is 15.5 Å². The lowest BCUT2D eigenvalue weighted by Gasteiger charge is -2.10. The molecule has 3 amide bonds. The predicted octanol–water partition coefficient (Wildman–Crippen LogP) is 3.71. The number of carbonyl (C=O) groups is 3. The fourth-order valence-electron chi connectivity index (χ4n) is 2.83. The van der Waals surface area contributed by atoms with E-state index in [4.69, 9.17) is 23.2 Å². The zero-order valence-corrected chi connectivity index (χ0v) is 17.3. The molecule has 1 aromatic heterocycles. The van der Waals surface area contributed by atoms with Crippen LogP contribution < -0.4 is 5.32 Å². The molecule has 0 saturated carbocycles. The van der Waals surface area contributed by atoms with Crippen molar-refractivity contribution in [3.63, 3.8) is 0 Å². The summed E-state index contributed by atoms with van der Waals surface area (Å²) < 4.78 is 12.9. The Labute approximate surface area is 183 Å². The van der Waals surface area contributed by atoms with E-state index in [1.165, 1.54) is 24.3 Å². The van der Waals surface area contributed by atoms with Crippen molar-refractivity contribution in [2.75, 3.05) is 0 Å². The van der Waals surface area contributed by atoms with Gasteiger partial charge in [0.05, 0.1) is 27.7 Å². The maximum absolute atomic E-state index is 12.9. The number of halogens is 3. The molecule has 0 aliphatic carbocycles. The van der Waals surface area contributed by atoms with Crippen LogP contribution in [0.5, 0.6) is 0 Å². The summed E-state index contributed by atoms with van der Waals surface area (Å²) in [5, 5.41) is 11.1. The molecule has 152 valence electrons. The summed E-state index contributed by atoms with van der Waals surface area (Å²) in [5.41, 5.74) is 1.05. The quantitative estimate of drug-likeness (QED) is 0.581. The number of imide groups is 1. The number of nitrogens with zero attached hydrogens (tertiary/aromatic N) is 3. The number of nitrogens with one attached hydrogen (secondary N) is 1. The number of aromatic nitrogens is 2. The summed E-state index contributed by atoms with van der Waals surface area (Å²) in [5.74, 6) is -1.88. The summed E-state index contributed by atoms with van der Waals surface area (Å²) in [6.45, 7) is 0.0540. The van der Waals surface area contributed by atoms with Crippen LogP contribution >= 0.6 is 34.5 Å². The summed E-state index contributed by atoms with van der Waals surface area (Å²) in [7, 11) is 0. The third kappa shape index (κ3) is 3.91. The molecule has 0 fully saturated rings. The molecule has 0 spiro atoms. The van der Waals surface area contributed by atoms with Crippen LogP contribution in [0.1, 0.15) is 41.1 Å². The van der Waals surface area contributed by atoms with Crippen molar-refractivity contribution in [3.8, 4) is 0 Å². The van der Waals surface area contributed by atoms with Crippen molar-refractivity contribution in [2.24, 2.45) is 0 Å². The van der Waals surface area contributed by atoms with Crippen LogP contribution in [-0.4, -0.2) is 32.8 Å². The van der Waals surface area contributed by atoms with Gasteiger partial charge in [-0.1, -0.05) is 46.7 Å². The zero-order valence-electron chi connectivity index (χ0n) is 15.0. The monoisotopic (exact) mass is 464 g/mol. The second-order valence-corrected chi connectivity index (χ2v) is 8.19. The number of hydrogen-bond donors (Lipinski definition) is 1. The van der Waals surface area contributed by atoms with Gasteiger partial charge in [-0.2, -0.15) is 0 Å². The molecule has 0 bridgehead atoms. The molecular weight excluding hydrogens is 454 g/mol. The van der Waals surface area contributed by atoms with Crippen molar-refractivity contribution in [1.82, 2.24) is 20.4 Å². The van der Waals surface area contributed by atoms with Gasteiger partial charge in [-0.05, 0) is 29.8 Å². The minimum absolute atomic E-state index is 0.0785. The Bertz CT molecular complexity index is 1140. The fraction of sp³-hybridized carbons (Fsp3) is 0.105. The van der Waals surface area contributed by atoms with Crippen LogP contribution in [0.15, 0.2) is 36.4 Å². The Balaban J connectivity index is 1.43. The smallest absolute Gasteiger partial charge is 0.282 e. The van der Waals surface area contributed by atoms with Gasteiger partial charge in [0, 0.05) is 6.54 Å². The topological polar surface area (TPSA) is 92.3 Å². The normalized spacial score (nSPS) is 13.0. The SMILES string of the molecule is O=C(NCc1ccc(F)cc1)c1nnc(CN2C(=O)c3cc(Cl)c(Cl)cc3C2=O)s1. The van der Waals surface area contributed by atoms with Crippen LogP contribution in [0, 0.1) is 5.82 Å². The van der Waals surface area contributed by atoms with Gasteiger partial charge < -0.3 is 5.32 Å². The Hall–Kier alpha value is -2.88. The lowest BCUT2D eigenvalue weighted by molar-refractivity contribution is 0.0641. The highest BCUT2D eigenvalue weighted by Crippen LogP contribution is 2.32. The molecule has 0 atom stereocenters. The summed E-state index contributed by atoms with van der Waals surface area (Å²) in [6.07, 6.45) is 0. The first-order chi connectivity index (χ1) is 14.3. The number of hydrogen-bond acceptors (Lipinski definition) is 6. The van der Waals surface area contributed by atoms with Crippen molar-refractivity contribution >= 4 is 52.3 Å². The molecule has 0 radical (unpaired) electrons. The first kappa shape index (κ1) is 20.4. The number of benzene rings is 2. The zero-order chi connectivity index (χ0) is 21.4. The van der Waals surface area contributed by atoms with Gasteiger partial charge in [0.1, 0.15) is 10.8 Å². The van der Waals surface area contributed by atoms with Gasteiger partial charge in [0.25, 0.3) is 17.7 Å². The number of rotatable bonds is 5. The molecule has 4 rings (SSSR count). The van der Waals surface area contributed by atoms with Crippen LogP contribution in [0.4, 0.5) is 4.39 Å². The summed E-state index contributed by atoms with van der Waals surface area (Å²) >= 11 is 12.8. The average molecular weight is 465 g/mol. The highest BCUT2D eigenvalue weighted by molar-refractivity contribution is 7.13. The first-order valence-corrected chi connectivity index (χ1v) is 10.1. The highest BCUT2D eigenvalue weighted by atomic mass is 35.5. The van der Waals surface area contributed by atoms with Crippen LogP contribution in [0.3, 0.4) is 0 Å². The number of fused-ring (bicyclic) bond motifs is 1. The van der Waals surface area contributed by atoms with Crippen LogP contribution in [0.2, 0.25) is 10.0 Å². The van der Waals surface area contributed by atoms with Gasteiger partial charge in [-0.15, -0.1) is 10.2 Å². The molecule has 2 aromatic carbocycles. The molecule has 30 heavy (non-hydrogen) atoms. The lowest BCUT2D eigenvalue weighted by atomic mass is 10.1. The lowest BCUT2D eigenvalue weighted by Crippen LogP contribution is -2.29. The van der Waals surface area contributed by atoms with E-state index in [1.807, 2.05) is 0 Å². The number of amides is 3. The number of carbonyl (C=O) groups excluding carboxylic acids is 3. The van der Waals surface area contributed by atoms with Gasteiger partial charge in [-0.3, -0.25) is 19.3 Å². The van der Waals surface area contributed by atoms with Crippen molar-refractivity contribution in [3.05, 3.63) is 79.0 Å².